The average molecular weight is 1160 g/mol. The summed E-state index contributed by atoms with van der Waals surface area (Å²) in [5.74, 6) is -0.611. The number of carbonyl (C=O) groups excluding carboxylic acids is 2. The Bertz CT molecular complexity index is 1750. The van der Waals surface area contributed by atoms with Gasteiger partial charge in [-0.25, -0.2) is 0 Å². The van der Waals surface area contributed by atoms with Crippen molar-refractivity contribution in [2.24, 2.45) is 0 Å². The number of esters is 2. The van der Waals surface area contributed by atoms with E-state index in [4.69, 9.17) is 9.47 Å². The van der Waals surface area contributed by atoms with Crippen LogP contribution in [0, 0.1) is 0 Å². The maximum atomic E-state index is 12.4. The van der Waals surface area contributed by atoms with Gasteiger partial charge in [0.25, 0.3) is 0 Å². The number of unbranched alkanes of at least 4 members (excludes halogenated alkanes) is 32. The van der Waals surface area contributed by atoms with E-state index in [1.54, 1.807) is 0 Å². The van der Waals surface area contributed by atoms with Gasteiger partial charge in [-0.3, -0.25) is 9.59 Å². The van der Waals surface area contributed by atoms with Crippen LogP contribution < -0.4 is 0 Å². The first-order valence-corrected chi connectivity index (χ1v) is 35.4. The molecule has 0 spiro atoms. The van der Waals surface area contributed by atoms with Gasteiger partial charge in [-0.15, -0.1) is 0 Å². The standard InChI is InChI=1S/C79H132O5/c1-3-5-7-9-11-13-15-17-19-21-23-25-27-29-31-33-35-37-38-39-40-42-43-45-47-49-51-53-55-57-59-61-63-65-67-69-71-73-78(81)83-76-77(75-80)84-79(82)74-72-70-68-66-64-62-60-58-56-54-52-50-48-46-44-41-36-34-32-30-28-26-24-22-20-18-16-14-12-10-8-6-4-2/h6,8,12,14-15,17-18,20-21,23-24,26-27,29-30,32,36,41,46,48,52,54,58,60,77,80H,3-5,7,9-11,13,16,19,22,25,28,31,33-35,37-40,42-45,47,49-51,53,55-57,59,61-76H2,1-2H3/b8-6-,14-12-,17-15-,20-18-,23-21-,26-24-,29-27-,32-30-,41-36-,48-46-,54-52-,60-58-. The molecular weight excluding hydrogens is 1030 g/mol. The Labute approximate surface area is 520 Å². The summed E-state index contributed by atoms with van der Waals surface area (Å²) in [7, 11) is 0. The van der Waals surface area contributed by atoms with Crippen LogP contribution in [0.1, 0.15) is 322 Å². The van der Waals surface area contributed by atoms with Crippen molar-refractivity contribution >= 4 is 11.9 Å². The van der Waals surface area contributed by atoms with E-state index in [2.05, 4.69) is 160 Å². The number of rotatable bonds is 64. The molecule has 5 heteroatoms. The maximum absolute atomic E-state index is 12.4. The van der Waals surface area contributed by atoms with E-state index >= 15 is 0 Å². The molecule has 0 aliphatic rings. The average Bonchev–Trinajstić information content (AvgIpc) is 3.51. The summed E-state index contributed by atoms with van der Waals surface area (Å²) in [5.41, 5.74) is 0. The third-order valence-electron chi connectivity index (χ3n) is 15.1. The SMILES string of the molecule is CC/C=C\C/C=C\C/C=C\C/C=C\C/C=C\C/C=C\C/C=C\C/C=C\C/C=C\CCCCCCCC(=O)OC(CO)COC(=O)CCCCCCCCCCCCCCCCCCCCCCCC/C=C\C/C=C\C/C=C\CCCCCCC. The number of carbonyl (C=O) groups is 2. The van der Waals surface area contributed by atoms with Crippen LogP contribution in [-0.2, 0) is 19.1 Å². The lowest BCUT2D eigenvalue weighted by Gasteiger charge is -2.15. The maximum Gasteiger partial charge on any atom is 0.306 e. The van der Waals surface area contributed by atoms with Crippen LogP contribution in [0.4, 0.5) is 0 Å². The molecule has 84 heavy (non-hydrogen) atoms. The van der Waals surface area contributed by atoms with Gasteiger partial charge in [-0.05, 0) is 122 Å². The van der Waals surface area contributed by atoms with Crippen molar-refractivity contribution in [3.8, 4) is 0 Å². The minimum absolute atomic E-state index is 0.0796. The summed E-state index contributed by atoms with van der Waals surface area (Å²) in [6, 6.07) is 0. The van der Waals surface area contributed by atoms with E-state index in [1.807, 2.05) is 0 Å². The Balaban J connectivity index is 3.52. The Morgan fingerprint density at radius 3 is 0.774 bits per heavy atom. The molecule has 0 radical (unpaired) electrons. The molecule has 0 aliphatic heterocycles. The zero-order valence-corrected chi connectivity index (χ0v) is 54.9. The highest BCUT2D eigenvalue weighted by Gasteiger charge is 2.16. The molecule has 0 aromatic heterocycles. The minimum atomic E-state index is -0.793. The molecule has 0 heterocycles. The highest BCUT2D eigenvalue weighted by atomic mass is 16.6. The molecule has 0 aromatic carbocycles. The van der Waals surface area contributed by atoms with Crippen LogP contribution in [0.2, 0.25) is 0 Å². The monoisotopic (exact) mass is 1160 g/mol. The van der Waals surface area contributed by atoms with Gasteiger partial charge >= 0.3 is 11.9 Å². The van der Waals surface area contributed by atoms with Gasteiger partial charge in [-0.2, -0.15) is 0 Å². The van der Waals surface area contributed by atoms with E-state index in [1.165, 1.54) is 167 Å². The molecule has 0 amide bonds. The predicted octanol–water partition coefficient (Wildman–Crippen LogP) is 24.9. The molecule has 1 atom stereocenters. The predicted molar refractivity (Wildman–Crippen MR) is 371 cm³/mol. The van der Waals surface area contributed by atoms with Gasteiger partial charge in [-0.1, -0.05) is 333 Å². The fourth-order valence-electron chi connectivity index (χ4n) is 9.85. The highest BCUT2D eigenvalue weighted by Crippen LogP contribution is 2.17. The van der Waals surface area contributed by atoms with E-state index in [0.717, 1.165) is 128 Å². The summed E-state index contributed by atoms with van der Waals surface area (Å²) >= 11 is 0. The smallest absolute Gasteiger partial charge is 0.306 e. The van der Waals surface area contributed by atoms with Gasteiger partial charge in [0.05, 0.1) is 6.61 Å². The van der Waals surface area contributed by atoms with Crippen molar-refractivity contribution in [1.29, 1.82) is 0 Å². The zero-order chi connectivity index (χ0) is 60.5. The lowest BCUT2D eigenvalue weighted by Crippen LogP contribution is -2.28. The first-order chi connectivity index (χ1) is 41.6. The van der Waals surface area contributed by atoms with Crippen LogP contribution in [-0.4, -0.2) is 36.4 Å². The Hall–Kier alpha value is -4.22. The third kappa shape index (κ3) is 70.3. The second-order valence-corrected chi connectivity index (χ2v) is 23.2. The second kappa shape index (κ2) is 73.0. The zero-order valence-electron chi connectivity index (χ0n) is 54.9. The molecule has 0 saturated heterocycles. The molecule has 0 aliphatic carbocycles. The van der Waals surface area contributed by atoms with Gasteiger partial charge in [0.15, 0.2) is 6.10 Å². The normalized spacial score (nSPS) is 13.1. The van der Waals surface area contributed by atoms with Crippen molar-refractivity contribution in [1.82, 2.24) is 0 Å². The number of hydrogen-bond donors (Lipinski definition) is 1. The number of hydrogen-bond acceptors (Lipinski definition) is 5. The van der Waals surface area contributed by atoms with E-state index < -0.39 is 6.10 Å². The molecule has 1 unspecified atom stereocenters. The number of aliphatic hydroxyl groups is 1. The van der Waals surface area contributed by atoms with E-state index in [9.17, 15) is 14.7 Å². The van der Waals surface area contributed by atoms with Gasteiger partial charge in [0.2, 0.25) is 0 Å². The van der Waals surface area contributed by atoms with Crippen molar-refractivity contribution in [3.63, 3.8) is 0 Å². The molecule has 0 rings (SSSR count). The largest absolute Gasteiger partial charge is 0.462 e. The van der Waals surface area contributed by atoms with Crippen LogP contribution in [0.25, 0.3) is 0 Å². The molecule has 0 aromatic rings. The quantitative estimate of drug-likeness (QED) is 0.0373. The Kier molecular flexibility index (Phi) is 69.4. The van der Waals surface area contributed by atoms with Gasteiger partial charge < -0.3 is 14.6 Å². The van der Waals surface area contributed by atoms with Crippen LogP contribution in [0.15, 0.2) is 146 Å². The van der Waals surface area contributed by atoms with Crippen LogP contribution >= 0.6 is 0 Å². The first kappa shape index (κ1) is 79.8. The third-order valence-corrected chi connectivity index (χ3v) is 15.1. The Morgan fingerprint density at radius 1 is 0.286 bits per heavy atom. The summed E-state index contributed by atoms with van der Waals surface area (Å²) in [6.07, 6.45) is 110. The number of aliphatic hydroxyl groups excluding tert-OH is 1. The number of allylic oxidation sites excluding steroid dienone is 24. The molecule has 0 saturated carbocycles. The van der Waals surface area contributed by atoms with Crippen molar-refractivity contribution < 1.29 is 24.2 Å². The topological polar surface area (TPSA) is 72.8 Å². The molecule has 1 N–H and O–H groups in total. The van der Waals surface area contributed by atoms with Crippen LogP contribution in [0.5, 0.6) is 0 Å². The molecular formula is C79H132O5. The molecule has 0 bridgehead atoms. The lowest BCUT2D eigenvalue weighted by molar-refractivity contribution is -0.161. The summed E-state index contributed by atoms with van der Waals surface area (Å²) in [6.45, 7) is 4.02. The van der Waals surface area contributed by atoms with Crippen molar-refractivity contribution in [3.05, 3.63) is 146 Å². The lowest BCUT2D eigenvalue weighted by atomic mass is 10.0. The van der Waals surface area contributed by atoms with Crippen molar-refractivity contribution in [2.75, 3.05) is 13.2 Å². The van der Waals surface area contributed by atoms with Gasteiger partial charge in [0.1, 0.15) is 6.61 Å². The van der Waals surface area contributed by atoms with Crippen molar-refractivity contribution in [2.45, 2.75) is 328 Å². The molecule has 478 valence electrons. The summed E-state index contributed by atoms with van der Waals surface area (Å²) in [5, 5.41) is 9.70. The van der Waals surface area contributed by atoms with Gasteiger partial charge in [0, 0.05) is 12.8 Å². The molecule has 5 nitrogen and oxygen atoms in total. The second-order valence-electron chi connectivity index (χ2n) is 23.2. The Morgan fingerprint density at radius 2 is 0.512 bits per heavy atom. The first-order valence-electron chi connectivity index (χ1n) is 35.4. The summed E-state index contributed by atoms with van der Waals surface area (Å²) < 4.78 is 10.7. The number of ether oxygens (including phenoxy) is 2. The highest BCUT2D eigenvalue weighted by molar-refractivity contribution is 5.70. The fourth-order valence-corrected chi connectivity index (χ4v) is 9.85. The van der Waals surface area contributed by atoms with E-state index in [-0.39, 0.29) is 25.2 Å². The molecule has 0 fully saturated rings. The van der Waals surface area contributed by atoms with Crippen LogP contribution in [0.3, 0.4) is 0 Å². The van der Waals surface area contributed by atoms with E-state index in [0.29, 0.717) is 12.8 Å². The fraction of sp³-hybridized carbons (Fsp3) is 0.671. The minimum Gasteiger partial charge on any atom is -0.462 e. The summed E-state index contributed by atoms with van der Waals surface area (Å²) in [4.78, 5) is 24.7.